The Bertz CT molecular complexity index is 653. The normalized spacial score (nSPS) is 15.6. The van der Waals surface area contributed by atoms with Crippen LogP contribution in [-0.4, -0.2) is 36.4 Å². The minimum atomic E-state index is -3.64. The van der Waals surface area contributed by atoms with E-state index in [4.69, 9.17) is 5.11 Å². The third-order valence-corrected chi connectivity index (χ3v) is 6.25. The second-order valence-electron chi connectivity index (χ2n) is 4.82. The van der Waals surface area contributed by atoms with Crippen LogP contribution in [0.25, 0.3) is 0 Å². The zero-order chi connectivity index (χ0) is 15.1. The van der Waals surface area contributed by atoms with Crippen molar-refractivity contribution in [2.24, 2.45) is 0 Å². The largest absolute Gasteiger partial charge is 0.478 e. The number of rotatable bonds is 5. The predicted molar refractivity (Wildman–Crippen MR) is 78.4 cm³/mol. The lowest BCUT2D eigenvalue weighted by molar-refractivity contribution is 0.0695. The number of nitrogens with zero attached hydrogens (tertiary/aromatic N) is 1. The SMILES string of the molecule is CCN(C1CC1)S(=O)(=O)c1cc(Br)c(C)c(C(=O)O)c1. The van der Waals surface area contributed by atoms with E-state index in [1.165, 1.54) is 16.4 Å². The molecule has 1 N–H and O–H groups in total. The molecule has 1 aliphatic carbocycles. The van der Waals surface area contributed by atoms with E-state index in [1.807, 2.05) is 0 Å². The van der Waals surface area contributed by atoms with E-state index in [-0.39, 0.29) is 16.5 Å². The Labute approximate surface area is 126 Å². The molecule has 0 aromatic heterocycles. The summed E-state index contributed by atoms with van der Waals surface area (Å²) < 4.78 is 27.1. The minimum Gasteiger partial charge on any atom is -0.478 e. The van der Waals surface area contributed by atoms with Gasteiger partial charge in [-0.25, -0.2) is 13.2 Å². The van der Waals surface area contributed by atoms with Crippen molar-refractivity contribution in [3.63, 3.8) is 0 Å². The summed E-state index contributed by atoms with van der Waals surface area (Å²) in [7, 11) is -3.64. The maximum absolute atomic E-state index is 12.6. The van der Waals surface area contributed by atoms with Crippen molar-refractivity contribution in [2.75, 3.05) is 6.54 Å². The summed E-state index contributed by atoms with van der Waals surface area (Å²) in [6.45, 7) is 3.82. The van der Waals surface area contributed by atoms with Gasteiger partial charge in [-0.2, -0.15) is 4.31 Å². The average molecular weight is 362 g/mol. The van der Waals surface area contributed by atoms with Crippen LogP contribution in [0.4, 0.5) is 0 Å². The fraction of sp³-hybridized carbons (Fsp3) is 0.462. The van der Waals surface area contributed by atoms with Gasteiger partial charge in [-0.3, -0.25) is 0 Å². The number of benzene rings is 1. The summed E-state index contributed by atoms with van der Waals surface area (Å²) in [6.07, 6.45) is 1.73. The molecule has 5 nitrogen and oxygen atoms in total. The first-order valence-electron chi connectivity index (χ1n) is 6.34. The molecule has 0 spiro atoms. The van der Waals surface area contributed by atoms with Gasteiger partial charge < -0.3 is 5.11 Å². The highest BCUT2D eigenvalue weighted by Gasteiger charge is 2.37. The van der Waals surface area contributed by atoms with Gasteiger partial charge in [0.05, 0.1) is 10.5 Å². The first-order chi connectivity index (χ1) is 9.28. The highest BCUT2D eigenvalue weighted by molar-refractivity contribution is 9.10. The van der Waals surface area contributed by atoms with E-state index in [2.05, 4.69) is 15.9 Å². The number of aromatic carboxylic acids is 1. The van der Waals surface area contributed by atoms with E-state index in [1.54, 1.807) is 13.8 Å². The topological polar surface area (TPSA) is 74.7 Å². The minimum absolute atomic E-state index is 0.00444. The predicted octanol–water partition coefficient (Wildman–Crippen LogP) is 2.63. The van der Waals surface area contributed by atoms with Crippen LogP contribution in [0.1, 0.15) is 35.7 Å². The number of carbonyl (C=O) groups is 1. The molecule has 1 aromatic rings. The maximum Gasteiger partial charge on any atom is 0.336 e. The fourth-order valence-corrected chi connectivity index (χ4v) is 4.51. The van der Waals surface area contributed by atoms with E-state index in [0.29, 0.717) is 16.6 Å². The van der Waals surface area contributed by atoms with Crippen LogP contribution in [0.3, 0.4) is 0 Å². The highest BCUT2D eigenvalue weighted by Crippen LogP contribution is 2.33. The third-order valence-electron chi connectivity index (χ3n) is 3.42. The van der Waals surface area contributed by atoms with Gasteiger partial charge in [0.15, 0.2) is 0 Å². The van der Waals surface area contributed by atoms with Gasteiger partial charge in [-0.05, 0) is 37.5 Å². The van der Waals surface area contributed by atoms with Gasteiger partial charge in [-0.1, -0.05) is 22.9 Å². The van der Waals surface area contributed by atoms with Crippen LogP contribution in [0.5, 0.6) is 0 Å². The summed E-state index contributed by atoms with van der Waals surface area (Å²) >= 11 is 3.24. The molecule has 0 bridgehead atoms. The zero-order valence-corrected chi connectivity index (χ0v) is 13.7. The Hall–Kier alpha value is -0.920. The molecule has 0 amide bonds. The van der Waals surface area contributed by atoms with Crippen LogP contribution in [0, 0.1) is 6.92 Å². The van der Waals surface area contributed by atoms with Gasteiger partial charge >= 0.3 is 5.97 Å². The molecule has 7 heteroatoms. The second-order valence-corrected chi connectivity index (χ2v) is 7.57. The monoisotopic (exact) mass is 361 g/mol. The van der Waals surface area contributed by atoms with Crippen molar-refractivity contribution in [3.8, 4) is 0 Å². The van der Waals surface area contributed by atoms with Crippen LogP contribution < -0.4 is 0 Å². The molecule has 0 saturated heterocycles. The number of carboxylic acids is 1. The van der Waals surface area contributed by atoms with Crippen molar-refractivity contribution >= 4 is 31.9 Å². The lowest BCUT2D eigenvalue weighted by Crippen LogP contribution is -2.33. The molecule has 2 rings (SSSR count). The number of sulfonamides is 1. The highest BCUT2D eigenvalue weighted by atomic mass is 79.9. The molecule has 0 atom stereocenters. The molecule has 0 unspecified atom stereocenters. The van der Waals surface area contributed by atoms with Crippen molar-refractivity contribution in [2.45, 2.75) is 37.6 Å². The molecule has 1 saturated carbocycles. The lowest BCUT2D eigenvalue weighted by Gasteiger charge is -2.20. The molecule has 20 heavy (non-hydrogen) atoms. The van der Waals surface area contributed by atoms with Crippen LogP contribution in [0.15, 0.2) is 21.5 Å². The Morgan fingerprint density at radius 1 is 1.45 bits per heavy atom. The molecule has 110 valence electrons. The van der Waals surface area contributed by atoms with E-state index in [9.17, 15) is 13.2 Å². The van der Waals surface area contributed by atoms with Gasteiger partial charge in [0.1, 0.15) is 0 Å². The van der Waals surface area contributed by atoms with Crippen molar-refractivity contribution in [1.82, 2.24) is 4.31 Å². The number of carboxylic acid groups (broad SMARTS) is 1. The Balaban J connectivity index is 2.54. The molecule has 1 aromatic carbocycles. The van der Waals surface area contributed by atoms with Crippen molar-refractivity contribution in [1.29, 1.82) is 0 Å². The maximum atomic E-state index is 12.6. The van der Waals surface area contributed by atoms with Crippen LogP contribution in [-0.2, 0) is 10.0 Å². The smallest absolute Gasteiger partial charge is 0.336 e. The zero-order valence-electron chi connectivity index (χ0n) is 11.3. The molecule has 1 aliphatic rings. The van der Waals surface area contributed by atoms with Gasteiger partial charge in [0.25, 0.3) is 0 Å². The van der Waals surface area contributed by atoms with E-state index in [0.717, 1.165) is 12.8 Å². The Morgan fingerprint density at radius 3 is 2.50 bits per heavy atom. The standard InChI is InChI=1S/C13H16BrNO4S/c1-3-15(9-4-5-9)20(18,19)10-6-11(13(16)17)8(2)12(14)7-10/h6-7,9H,3-5H2,1-2H3,(H,16,17). The number of hydrogen-bond donors (Lipinski definition) is 1. The molecular weight excluding hydrogens is 346 g/mol. The fourth-order valence-electron chi connectivity index (χ4n) is 2.15. The quantitative estimate of drug-likeness (QED) is 0.874. The summed E-state index contributed by atoms with van der Waals surface area (Å²) in [5.74, 6) is -1.13. The average Bonchev–Trinajstić information content (AvgIpc) is 3.16. The molecule has 0 heterocycles. The molecule has 0 aliphatic heterocycles. The number of halogens is 1. The molecule has 0 radical (unpaired) electrons. The van der Waals surface area contributed by atoms with E-state index < -0.39 is 16.0 Å². The van der Waals surface area contributed by atoms with Crippen LogP contribution >= 0.6 is 15.9 Å². The summed E-state index contributed by atoms with van der Waals surface area (Å²) in [4.78, 5) is 11.2. The summed E-state index contributed by atoms with van der Waals surface area (Å²) in [5.41, 5.74) is 0.524. The Morgan fingerprint density at radius 2 is 2.05 bits per heavy atom. The summed E-state index contributed by atoms with van der Waals surface area (Å²) in [6, 6.07) is 2.77. The van der Waals surface area contributed by atoms with E-state index >= 15 is 0 Å². The number of hydrogen-bond acceptors (Lipinski definition) is 3. The van der Waals surface area contributed by atoms with Gasteiger partial charge in [0, 0.05) is 17.1 Å². The van der Waals surface area contributed by atoms with Gasteiger partial charge in [0.2, 0.25) is 10.0 Å². The van der Waals surface area contributed by atoms with Crippen LogP contribution in [0.2, 0.25) is 0 Å². The first-order valence-corrected chi connectivity index (χ1v) is 8.57. The Kier molecular flexibility index (Phi) is 4.22. The molecule has 1 fully saturated rings. The summed E-state index contributed by atoms with van der Waals surface area (Å²) in [5, 5.41) is 9.17. The molecular formula is C13H16BrNO4S. The lowest BCUT2D eigenvalue weighted by atomic mass is 10.1. The second kappa shape index (κ2) is 5.46. The van der Waals surface area contributed by atoms with Gasteiger partial charge in [-0.15, -0.1) is 0 Å². The van der Waals surface area contributed by atoms with Crippen molar-refractivity contribution in [3.05, 3.63) is 27.7 Å². The van der Waals surface area contributed by atoms with Crippen molar-refractivity contribution < 1.29 is 18.3 Å². The first kappa shape index (κ1) is 15.5. The third kappa shape index (κ3) is 2.75.